The number of esters is 1. The van der Waals surface area contributed by atoms with Crippen LogP contribution in [0.2, 0.25) is 0 Å². The summed E-state index contributed by atoms with van der Waals surface area (Å²) in [4.78, 5) is 84.2. The average Bonchev–Trinajstić information content (AvgIpc) is 3.23. The molecule has 0 aromatic rings. The third-order valence-electron chi connectivity index (χ3n) is 7.15. The Hall–Kier alpha value is -3.91. The predicted molar refractivity (Wildman–Crippen MR) is 147 cm³/mol. The van der Waals surface area contributed by atoms with Gasteiger partial charge in [-0.15, -0.1) is 0 Å². The molecule has 228 valence electrons. The van der Waals surface area contributed by atoms with Crippen molar-refractivity contribution in [2.45, 2.75) is 108 Å². The fraction of sp³-hybridized carbons (Fsp3) is 0.731. The van der Waals surface area contributed by atoms with Crippen LogP contribution in [0.3, 0.4) is 0 Å². The van der Waals surface area contributed by atoms with Gasteiger partial charge in [0.25, 0.3) is 0 Å². The third-order valence-corrected chi connectivity index (χ3v) is 7.15. The molecule has 0 saturated carbocycles. The van der Waals surface area contributed by atoms with Gasteiger partial charge >= 0.3 is 5.97 Å². The highest BCUT2D eigenvalue weighted by atomic mass is 16.6. The Morgan fingerprint density at radius 1 is 0.951 bits per heavy atom. The van der Waals surface area contributed by atoms with Crippen LogP contribution < -0.4 is 32.7 Å². The van der Waals surface area contributed by atoms with Crippen LogP contribution in [0.4, 0.5) is 0 Å². The molecule has 0 aliphatic carbocycles. The van der Waals surface area contributed by atoms with Crippen molar-refractivity contribution >= 4 is 41.5 Å². The van der Waals surface area contributed by atoms with E-state index in [-0.39, 0.29) is 25.0 Å². The number of hydrogen-bond donors (Lipinski definition) is 6. The number of carbonyl (C=O) groups excluding carboxylic acids is 6. The molecule has 5 amide bonds. The van der Waals surface area contributed by atoms with Crippen LogP contribution >= 0.6 is 0 Å². The van der Waals surface area contributed by atoms with Crippen LogP contribution in [-0.2, 0) is 33.5 Å². The van der Waals surface area contributed by atoms with Crippen LogP contribution in [0.25, 0.3) is 0 Å². The largest absolute Gasteiger partial charge is 0.460 e. The monoisotopic (exact) mass is 578 g/mol. The van der Waals surface area contributed by atoms with Crippen LogP contribution in [0.5, 0.6) is 0 Å². The molecule has 0 radical (unpaired) electrons. The van der Waals surface area contributed by atoms with Gasteiger partial charge in [0.05, 0.1) is 13.0 Å². The maximum Gasteiger partial charge on any atom is 0.308 e. The van der Waals surface area contributed by atoms with E-state index in [0.29, 0.717) is 38.5 Å². The van der Waals surface area contributed by atoms with Gasteiger partial charge in [0.2, 0.25) is 29.5 Å². The zero-order chi connectivity index (χ0) is 30.3. The van der Waals surface area contributed by atoms with Crippen LogP contribution in [0.15, 0.2) is 4.99 Å². The van der Waals surface area contributed by atoms with E-state index in [9.17, 15) is 28.8 Å². The van der Waals surface area contributed by atoms with Crippen LogP contribution in [0.1, 0.15) is 72.1 Å². The van der Waals surface area contributed by atoms with Crippen molar-refractivity contribution in [1.82, 2.24) is 26.2 Å². The molecular weight excluding hydrogens is 536 g/mol. The number of nitrogens with two attached hydrogens (primary N) is 2. The first-order valence-electron chi connectivity index (χ1n) is 14.0. The summed E-state index contributed by atoms with van der Waals surface area (Å²) in [6.07, 6.45) is 2.70. The molecule has 2 bridgehead atoms. The molecule has 8 N–H and O–H groups in total. The van der Waals surface area contributed by atoms with Gasteiger partial charge in [0, 0.05) is 12.6 Å². The number of guanidine groups is 1. The Morgan fingerprint density at radius 2 is 1.68 bits per heavy atom. The van der Waals surface area contributed by atoms with E-state index in [1.165, 1.54) is 4.90 Å². The Morgan fingerprint density at radius 3 is 2.37 bits per heavy atom. The van der Waals surface area contributed by atoms with E-state index in [4.69, 9.17) is 16.2 Å². The number of carbonyl (C=O) groups is 6. The lowest BCUT2D eigenvalue weighted by atomic mass is 10.0. The molecule has 0 unspecified atom stereocenters. The van der Waals surface area contributed by atoms with Crippen molar-refractivity contribution < 1.29 is 33.5 Å². The first kappa shape index (κ1) is 31.6. The van der Waals surface area contributed by atoms with Gasteiger partial charge in [-0.3, -0.25) is 33.8 Å². The van der Waals surface area contributed by atoms with Gasteiger partial charge in [-0.25, -0.2) is 0 Å². The summed E-state index contributed by atoms with van der Waals surface area (Å²) < 4.78 is 5.33. The van der Waals surface area contributed by atoms with Gasteiger partial charge < -0.3 is 42.4 Å². The maximum atomic E-state index is 13.7. The zero-order valence-corrected chi connectivity index (χ0v) is 23.9. The first-order chi connectivity index (χ1) is 19.2. The first-order valence-corrected chi connectivity index (χ1v) is 14.0. The quantitative estimate of drug-likeness (QED) is 0.0876. The highest BCUT2D eigenvalue weighted by Gasteiger charge is 2.45. The van der Waals surface area contributed by atoms with Gasteiger partial charge in [-0.05, 0) is 65.7 Å². The summed E-state index contributed by atoms with van der Waals surface area (Å²) >= 11 is 0. The molecule has 3 rings (SSSR count). The standard InChI is InChI=1S/C26H42N8O7/c1-26(2,3)41-20(36)12-17-22(38)33-16-7-4-6-14-9-10-18(34(14)24(16)40)23(39)32-15(8-5-11-29-25(27)28)21(37)30-13-19(35)31-17/h14-18H,4-13H2,1-3H3,(H,30,37)(H,31,35)(H,32,39)(H,33,38)(H4,27,28,29)/t14-,15-,16-,17-,18-/m0/s1. The Kier molecular flexibility index (Phi) is 10.5. The van der Waals surface area contributed by atoms with E-state index in [2.05, 4.69) is 26.3 Å². The van der Waals surface area contributed by atoms with Crippen molar-refractivity contribution in [3.8, 4) is 0 Å². The smallest absolute Gasteiger partial charge is 0.308 e. The van der Waals surface area contributed by atoms with E-state index in [1.807, 2.05) is 0 Å². The number of nitrogens with one attached hydrogen (secondary N) is 4. The number of nitrogens with zero attached hydrogens (tertiary/aromatic N) is 2. The van der Waals surface area contributed by atoms with E-state index in [0.717, 1.165) is 0 Å². The molecule has 41 heavy (non-hydrogen) atoms. The lowest BCUT2D eigenvalue weighted by molar-refractivity contribution is -0.156. The molecule has 0 aromatic heterocycles. The summed E-state index contributed by atoms with van der Waals surface area (Å²) in [6, 6.07) is -4.32. The van der Waals surface area contributed by atoms with Gasteiger partial charge in [0.1, 0.15) is 29.8 Å². The number of aliphatic imine (C=N–C) groups is 1. The van der Waals surface area contributed by atoms with Crippen molar-refractivity contribution in [2.24, 2.45) is 16.5 Å². The topological polar surface area (TPSA) is 227 Å². The zero-order valence-electron chi connectivity index (χ0n) is 23.9. The number of amides is 5. The van der Waals surface area contributed by atoms with Crippen molar-refractivity contribution in [3.63, 3.8) is 0 Å². The minimum Gasteiger partial charge on any atom is -0.460 e. The summed E-state index contributed by atoms with van der Waals surface area (Å²) in [7, 11) is 0. The third kappa shape index (κ3) is 9.05. The summed E-state index contributed by atoms with van der Waals surface area (Å²) in [5.41, 5.74) is 9.91. The van der Waals surface area contributed by atoms with Crippen molar-refractivity contribution in [3.05, 3.63) is 0 Å². The van der Waals surface area contributed by atoms with Gasteiger partial charge in [-0.2, -0.15) is 0 Å². The average molecular weight is 579 g/mol. The fourth-order valence-corrected chi connectivity index (χ4v) is 5.36. The minimum absolute atomic E-state index is 0.104. The molecule has 3 fully saturated rings. The Labute approximate surface area is 238 Å². The number of ether oxygens (including phenoxy) is 1. The molecule has 3 aliphatic rings. The number of rotatable bonds is 6. The summed E-state index contributed by atoms with van der Waals surface area (Å²) in [5.74, 6) is -3.83. The van der Waals surface area contributed by atoms with E-state index < -0.39 is 78.2 Å². The second-order valence-electron chi connectivity index (χ2n) is 11.6. The van der Waals surface area contributed by atoms with Crippen LogP contribution in [-0.4, -0.2) is 95.3 Å². The van der Waals surface area contributed by atoms with Gasteiger partial charge in [-0.1, -0.05) is 0 Å². The lowest BCUT2D eigenvalue weighted by Crippen LogP contribution is -2.58. The molecule has 0 spiro atoms. The van der Waals surface area contributed by atoms with Crippen molar-refractivity contribution in [2.75, 3.05) is 13.1 Å². The second-order valence-corrected chi connectivity index (χ2v) is 11.6. The molecule has 15 nitrogen and oxygen atoms in total. The normalized spacial score (nSPS) is 27.7. The Bertz CT molecular complexity index is 1070. The fourth-order valence-electron chi connectivity index (χ4n) is 5.36. The van der Waals surface area contributed by atoms with Crippen molar-refractivity contribution in [1.29, 1.82) is 0 Å². The Balaban J connectivity index is 1.89. The molecule has 15 heteroatoms. The molecule has 5 atom stereocenters. The molecule has 3 saturated heterocycles. The second kappa shape index (κ2) is 13.6. The minimum atomic E-state index is -1.35. The highest BCUT2D eigenvalue weighted by molar-refractivity contribution is 5.98. The van der Waals surface area contributed by atoms with E-state index in [1.54, 1.807) is 20.8 Å². The SMILES string of the molecule is CC(C)(C)OC(=O)C[C@@H]1NC(=O)CNC(=O)[C@H](CCCN=C(N)N)NC(=O)[C@@H]2CC[C@@H]3CCC[C@H](NC1=O)C(=O)N32. The molecular formula is C26H42N8O7. The lowest BCUT2D eigenvalue weighted by Gasteiger charge is -2.31. The number of fused-ring (bicyclic) bond motifs is 1. The van der Waals surface area contributed by atoms with Crippen LogP contribution in [0, 0.1) is 0 Å². The summed E-state index contributed by atoms with van der Waals surface area (Å²) in [5, 5.41) is 10.4. The van der Waals surface area contributed by atoms with E-state index >= 15 is 0 Å². The van der Waals surface area contributed by atoms with Gasteiger partial charge in [0.15, 0.2) is 5.96 Å². The maximum absolute atomic E-state index is 13.7. The highest BCUT2D eigenvalue weighted by Crippen LogP contribution is 2.32. The predicted octanol–water partition coefficient (Wildman–Crippen LogP) is -2.10. The summed E-state index contributed by atoms with van der Waals surface area (Å²) in [6.45, 7) is 4.72. The molecule has 3 aliphatic heterocycles. The number of hydrogen-bond acceptors (Lipinski definition) is 8. The molecule has 3 heterocycles. The molecule has 0 aromatic carbocycles.